The van der Waals surface area contributed by atoms with Crippen molar-refractivity contribution in [2.24, 2.45) is 0 Å². The van der Waals surface area contributed by atoms with Crippen LogP contribution in [0.5, 0.6) is 0 Å². The Kier molecular flexibility index (Phi) is 4.85. The van der Waals surface area contributed by atoms with Crippen molar-refractivity contribution in [3.05, 3.63) is 70.8 Å². The van der Waals surface area contributed by atoms with Crippen molar-refractivity contribution >= 4 is 27.7 Å². The van der Waals surface area contributed by atoms with Gasteiger partial charge < -0.3 is 4.42 Å². The first-order valence-electron chi connectivity index (χ1n) is 7.88. The predicted molar refractivity (Wildman–Crippen MR) is 103 cm³/mol. The number of hydrogen-bond donors (Lipinski definition) is 0. The molecule has 0 amide bonds. The lowest BCUT2D eigenvalue weighted by atomic mass is 10.2. The second-order valence-electron chi connectivity index (χ2n) is 5.54. The van der Waals surface area contributed by atoms with Crippen molar-refractivity contribution in [1.82, 2.24) is 25.0 Å². The van der Waals surface area contributed by atoms with Gasteiger partial charge in [0.15, 0.2) is 5.16 Å². The number of para-hydroxylation sites is 1. The standard InChI is InChI=1S/C18H14BrN5OS/c1-12-6-2-5-9-15(12)24-11-20-23-18(24)26-10-16-21-22-17(25-16)13-7-3-4-8-14(13)19/h2-9,11H,10H2,1H3. The SMILES string of the molecule is Cc1ccccc1-n1cnnc1SCc1nnc(-c2ccccc2Br)o1. The first-order chi connectivity index (χ1) is 12.7. The van der Waals surface area contributed by atoms with E-state index in [-0.39, 0.29) is 0 Å². The van der Waals surface area contributed by atoms with Crippen LogP contribution in [0.2, 0.25) is 0 Å². The fraction of sp³-hybridized carbons (Fsp3) is 0.111. The van der Waals surface area contributed by atoms with Crippen molar-refractivity contribution < 1.29 is 4.42 Å². The van der Waals surface area contributed by atoms with Gasteiger partial charge >= 0.3 is 0 Å². The molecule has 0 spiro atoms. The summed E-state index contributed by atoms with van der Waals surface area (Å²) in [5, 5.41) is 17.3. The molecule has 6 nitrogen and oxygen atoms in total. The number of benzene rings is 2. The third-order valence-electron chi connectivity index (χ3n) is 3.79. The fourth-order valence-corrected chi connectivity index (χ4v) is 3.72. The van der Waals surface area contributed by atoms with E-state index in [9.17, 15) is 0 Å². The first kappa shape index (κ1) is 17.0. The average Bonchev–Trinajstić information content (AvgIpc) is 3.30. The van der Waals surface area contributed by atoms with E-state index in [0.29, 0.717) is 17.5 Å². The molecule has 8 heteroatoms. The normalized spacial score (nSPS) is 11.0. The van der Waals surface area contributed by atoms with Gasteiger partial charge in [0.05, 0.1) is 17.0 Å². The maximum absolute atomic E-state index is 5.79. The third kappa shape index (κ3) is 3.42. The molecule has 0 aliphatic heterocycles. The lowest BCUT2D eigenvalue weighted by Crippen LogP contribution is -1.97. The van der Waals surface area contributed by atoms with Gasteiger partial charge in [-0.05, 0) is 46.6 Å². The Morgan fingerprint density at radius 3 is 2.69 bits per heavy atom. The Labute approximate surface area is 162 Å². The largest absolute Gasteiger partial charge is 0.420 e. The molecule has 4 rings (SSSR count). The molecular formula is C18H14BrN5OS. The molecule has 2 heterocycles. The van der Waals surface area contributed by atoms with Crippen molar-refractivity contribution in [3.8, 4) is 17.1 Å². The molecule has 0 aliphatic carbocycles. The van der Waals surface area contributed by atoms with Crippen LogP contribution >= 0.6 is 27.7 Å². The minimum Gasteiger partial charge on any atom is -0.420 e. The molecule has 4 aromatic rings. The van der Waals surface area contributed by atoms with E-state index in [0.717, 1.165) is 26.4 Å². The summed E-state index contributed by atoms with van der Waals surface area (Å²) in [5.74, 6) is 1.55. The Hall–Kier alpha value is -2.45. The maximum atomic E-state index is 5.79. The van der Waals surface area contributed by atoms with Gasteiger partial charge in [-0.2, -0.15) is 0 Å². The van der Waals surface area contributed by atoms with E-state index in [1.54, 1.807) is 6.33 Å². The smallest absolute Gasteiger partial charge is 0.248 e. The molecule has 2 aromatic carbocycles. The van der Waals surface area contributed by atoms with Crippen molar-refractivity contribution in [2.45, 2.75) is 17.8 Å². The van der Waals surface area contributed by atoms with Crippen LogP contribution in [-0.4, -0.2) is 25.0 Å². The molecule has 0 fully saturated rings. The molecule has 130 valence electrons. The summed E-state index contributed by atoms with van der Waals surface area (Å²) in [6, 6.07) is 15.9. The summed E-state index contributed by atoms with van der Waals surface area (Å²) >= 11 is 5.00. The molecule has 0 saturated carbocycles. The van der Waals surface area contributed by atoms with Gasteiger partial charge in [-0.1, -0.05) is 42.1 Å². The van der Waals surface area contributed by atoms with Gasteiger partial charge in [0.1, 0.15) is 6.33 Å². The zero-order chi connectivity index (χ0) is 17.9. The second kappa shape index (κ2) is 7.43. The van der Waals surface area contributed by atoms with Crippen molar-refractivity contribution in [2.75, 3.05) is 0 Å². The van der Waals surface area contributed by atoms with Crippen LogP contribution in [0, 0.1) is 6.92 Å². The Morgan fingerprint density at radius 1 is 1.04 bits per heavy atom. The zero-order valence-corrected chi connectivity index (χ0v) is 16.2. The summed E-state index contributed by atoms with van der Waals surface area (Å²) in [5.41, 5.74) is 3.09. The number of hydrogen-bond acceptors (Lipinski definition) is 6. The zero-order valence-electron chi connectivity index (χ0n) is 13.8. The van der Waals surface area contributed by atoms with Gasteiger partial charge in [-0.25, -0.2) is 0 Å². The minimum absolute atomic E-state index is 0.494. The molecule has 0 N–H and O–H groups in total. The highest BCUT2D eigenvalue weighted by molar-refractivity contribution is 9.10. The molecule has 0 atom stereocenters. The summed E-state index contributed by atoms with van der Waals surface area (Å²) in [6.45, 7) is 2.06. The Bertz CT molecular complexity index is 1050. The Balaban J connectivity index is 1.52. The van der Waals surface area contributed by atoms with E-state index in [2.05, 4.69) is 49.3 Å². The lowest BCUT2D eigenvalue weighted by Gasteiger charge is -2.08. The van der Waals surface area contributed by atoms with Gasteiger partial charge in [0.2, 0.25) is 11.8 Å². The molecule has 0 bridgehead atoms. The predicted octanol–water partition coefficient (Wildman–Crippen LogP) is 4.68. The molecular weight excluding hydrogens is 414 g/mol. The van der Waals surface area contributed by atoms with E-state index in [1.807, 2.05) is 47.0 Å². The number of halogens is 1. The Morgan fingerprint density at radius 2 is 1.85 bits per heavy atom. The van der Waals surface area contributed by atoms with Crippen molar-refractivity contribution in [3.63, 3.8) is 0 Å². The van der Waals surface area contributed by atoms with E-state index >= 15 is 0 Å². The molecule has 26 heavy (non-hydrogen) atoms. The van der Waals surface area contributed by atoms with Crippen LogP contribution in [0.3, 0.4) is 0 Å². The van der Waals surface area contributed by atoms with Crippen LogP contribution in [0.4, 0.5) is 0 Å². The molecule has 0 unspecified atom stereocenters. The maximum Gasteiger partial charge on any atom is 0.248 e. The van der Waals surface area contributed by atoms with Gasteiger partial charge in [0, 0.05) is 4.47 Å². The van der Waals surface area contributed by atoms with Crippen LogP contribution < -0.4 is 0 Å². The minimum atomic E-state index is 0.494. The monoisotopic (exact) mass is 427 g/mol. The average molecular weight is 428 g/mol. The molecule has 2 aromatic heterocycles. The highest BCUT2D eigenvalue weighted by Gasteiger charge is 2.14. The number of nitrogens with zero attached hydrogens (tertiary/aromatic N) is 5. The molecule has 0 saturated heterocycles. The summed E-state index contributed by atoms with van der Waals surface area (Å²) in [6.07, 6.45) is 1.71. The van der Waals surface area contributed by atoms with Crippen molar-refractivity contribution in [1.29, 1.82) is 0 Å². The quantitative estimate of drug-likeness (QED) is 0.430. The lowest BCUT2D eigenvalue weighted by molar-refractivity contribution is 0.528. The van der Waals surface area contributed by atoms with E-state index in [1.165, 1.54) is 11.8 Å². The topological polar surface area (TPSA) is 69.6 Å². The van der Waals surface area contributed by atoms with Crippen LogP contribution in [-0.2, 0) is 5.75 Å². The van der Waals surface area contributed by atoms with Crippen LogP contribution in [0.1, 0.15) is 11.5 Å². The third-order valence-corrected chi connectivity index (χ3v) is 5.41. The number of thioether (sulfide) groups is 1. The number of aromatic nitrogens is 5. The van der Waals surface area contributed by atoms with Crippen LogP contribution in [0.15, 0.2) is 68.9 Å². The first-order valence-corrected chi connectivity index (χ1v) is 9.66. The van der Waals surface area contributed by atoms with Crippen LogP contribution in [0.25, 0.3) is 17.1 Å². The van der Waals surface area contributed by atoms with E-state index < -0.39 is 0 Å². The fourth-order valence-electron chi connectivity index (χ4n) is 2.50. The number of aryl methyl sites for hydroxylation is 1. The van der Waals surface area contributed by atoms with Gasteiger partial charge in [-0.15, -0.1) is 20.4 Å². The number of rotatable bonds is 5. The highest BCUT2D eigenvalue weighted by atomic mass is 79.9. The van der Waals surface area contributed by atoms with Gasteiger partial charge in [-0.3, -0.25) is 4.57 Å². The van der Waals surface area contributed by atoms with E-state index in [4.69, 9.17) is 4.42 Å². The van der Waals surface area contributed by atoms with Gasteiger partial charge in [0.25, 0.3) is 0 Å². The second-order valence-corrected chi connectivity index (χ2v) is 7.34. The summed E-state index contributed by atoms with van der Waals surface area (Å²) < 4.78 is 8.67. The summed E-state index contributed by atoms with van der Waals surface area (Å²) in [7, 11) is 0. The molecule has 0 aliphatic rings. The highest BCUT2D eigenvalue weighted by Crippen LogP contribution is 2.29. The molecule has 0 radical (unpaired) electrons. The summed E-state index contributed by atoms with van der Waals surface area (Å²) in [4.78, 5) is 0.